The van der Waals surface area contributed by atoms with E-state index in [1.54, 1.807) is 33.1 Å². The van der Waals surface area contributed by atoms with Crippen LogP contribution in [0.25, 0.3) is 10.9 Å². The Morgan fingerprint density at radius 3 is 2.73 bits per heavy atom. The smallest absolute Gasteiger partial charge is 0.256 e. The van der Waals surface area contributed by atoms with E-state index in [0.717, 1.165) is 18.4 Å². The fourth-order valence-electron chi connectivity index (χ4n) is 5.15. The Hall–Kier alpha value is -2.29. The SMILES string of the molecule is CO[C@H]1CN(c2nc3c(C)c(F)ccc3cc2C(=O)NC(C)N)CCC1NC1CCCCC1. The van der Waals surface area contributed by atoms with E-state index in [9.17, 15) is 9.18 Å². The number of benzene rings is 1. The maximum atomic E-state index is 14.3. The first kappa shape index (κ1) is 23.9. The number of methoxy groups -OCH3 is 1. The summed E-state index contributed by atoms with van der Waals surface area (Å²) in [6.45, 7) is 4.77. The summed E-state index contributed by atoms with van der Waals surface area (Å²) in [7, 11) is 1.74. The molecule has 0 radical (unpaired) electrons. The zero-order valence-electron chi connectivity index (χ0n) is 19.9. The number of rotatable bonds is 6. The molecule has 3 atom stereocenters. The van der Waals surface area contributed by atoms with Crippen molar-refractivity contribution in [1.29, 1.82) is 0 Å². The first-order valence-corrected chi connectivity index (χ1v) is 12.1. The topological polar surface area (TPSA) is 92.5 Å². The maximum absolute atomic E-state index is 14.3. The van der Waals surface area contributed by atoms with Gasteiger partial charge in [0.05, 0.1) is 23.3 Å². The molecule has 1 aliphatic carbocycles. The molecule has 8 heteroatoms. The summed E-state index contributed by atoms with van der Waals surface area (Å²) < 4.78 is 20.1. The van der Waals surface area contributed by atoms with Gasteiger partial charge in [-0.05, 0) is 51.3 Å². The van der Waals surface area contributed by atoms with Crippen LogP contribution in [0.1, 0.15) is 61.4 Å². The molecule has 1 aromatic carbocycles. The molecule has 2 heterocycles. The Kier molecular flexibility index (Phi) is 7.46. The van der Waals surface area contributed by atoms with Crippen LogP contribution in [0.5, 0.6) is 0 Å². The minimum absolute atomic E-state index is 0.0314. The largest absolute Gasteiger partial charge is 0.378 e. The van der Waals surface area contributed by atoms with Gasteiger partial charge >= 0.3 is 0 Å². The number of fused-ring (bicyclic) bond motifs is 1. The van der Waals surface area contributed by atoms with Crippen LogP contribution in [0.4, 0.5) is 10.2 Å². The van der Waals surface area contributed by atoms with Gasteiger partial charge in [0.1, 0.15) is 11.6 Å². The molecule has 2 aliphatic rings. The molecule has 2 aromatic rings. The van der Waals surface area contributed by atoms with Gasteiger partial charge in [-0.25, -0.2) is 9.37 Å². The highest BCUT2D eigenvalue weighted by Crippen LogP contribution is 2.30. The minimum Gasteiger partial charge on any atom is -0.378 e. The fourth-order valence-corrected chi connectivity index (χ4v) is 5.15. The number of nitrogens with one attached hydrogen (secondary N) is 2. The minimum atomic E-state index is -0.492. The Morgan fingerprint density at radius 1 is 1.27 bits per heavy atom. The number of aryl methyl sites for hydroxylation is 1. The third-order valence-electron chi connectivity index (χ3n) is 6.97. The number of nitrogens with two attached hydrogens (primary N) is 1. The van der Waals surface area contributed by atoms with Crippen LogP contribution < -0.4 is 21.3 Å². The number of pyridine rings is 1. The molecule has 1 saturated carbocycles. The number of carbonyl (C=O) groups is 1. The van der Waals surface area contributed by atoms with Gasteiger partial charge < -0.3 is 26.0 Å². The summed E-state index contributed by atoms with van der Waals surface area (Å²) in [6, 6.07) is 5.67. The number of carbonyl (C=O) groups excluding carboxylic acids is 1. The van der Waals surface area contributed by atoms with Crippen LogP contribution >= 0.6 is 0 Å². The van der Waals surface area contributed by atoms with Gasteiger partial charge in [-0.3, -0.25) is 4.79 Å². The standard InChI is InChI=1S/C25H36FN5O2/c1-15-20(26)10-9-17-13-19(25(32)28-16(2)27)24(30-23(15)17)31-12-11-21(22(14-31)33-3)29-18-7-5-4-6-8-18/h9-10,13,16,18,21-22,29H,4-8,11-12,14,27H2,1-3H3,(H,28,32)/t16?,21?,22-/m0/s1. The molecule has 0 spiro atoms. The Balaban J connectivity index is 1.64. The second-order valence-corrected chi connectivity index (χ2v) is 9.48. The predicted molar refractivity (Wildman–Crippen MR) is 129 cm³/mol. The molecule has 2 unspecified atom stereocenters. The first-order chi connectivity index (χ1) is 15.9. The lowest BCUT2D eigenvalue weighted by Crippen LogP contribution is -2.56. The second-order valence-electron chi connectivity index (χ2n) is 9.48. The lowest BCUT2D eigenvalue weighted by atomic mass is 9.92. The summed E-state index contributed by atoms with van der Waals surface area (Å²) >= 11 is 0. The number of hydrogen-bond acceptors (Lipinski definition) is 6. The van der Waals surface area contributed by atoms with E-state index in [0.29, 0.717) is 35.0 Å². The van der Waals surface area contributed by atoms with Gasteiger partial charge in [0.25, 0.3) is 5.91 Å². The van der Waals surface area contributed by atoms with E-state index in [1.165, 1.54) is 38.2 Å². The van der Waals surface area contributed by atoms with E-state index in [4.69, 9.17) is 15.5 Å². The summed E-state index contributed by atoms with van der Waals surface area (Å²) in [4.78, 5) is 19.9. The van der Waals surface area contributed by atoms with Crippen LogP contribution in [-0.4, -0.2) is 55.4 Å². The van der Waals surface area contributed by atoms with Crippen molar-refractivity contribution in [2.45, 2.75) is 76.7 Å². The Labute approximate surface area is 195 Å². The van der Waals surface area contributed by atoms with E-state index in [1.807, 2.05) is 0 Å². The molecule has 1 aromatic heterocycles. The fraction of sp³-hybridized carbons (Fsp3) is 0.600. The van der Waals surface area contributed by atoms with Gasteiger partial charge in [-0.2, -0.15) is 0 Å². The van der Waals surface area contributed by atoms with Gasteiger partial charge in [-0.1, -0.05) is 19.3 Å². The molecule has 7 nitrogen and oxygen atoms in total. The third kappa shape index (κ3) is 5.28. The maximum Gasteiger partial charge on any atom is 0.256 e. The number of amides is 1. The first-order valence-electron chi connectivity index (χ1n) is 12.1. The number of aromatic nitrogens is 1. The third-order valence-corrected chi connectivity index (χ3v) is 6.97. The van der Waals surface area contributed by atoms with Crippen LogP contribution in [-0.2, 0) is 4.74 Å². The van der Waals surface area contributed by atoms with E-state index >= 15 is 0 Å². The molecular formula is C25H36FN5O2. The number of ether oxygens (including phenoxy) is 1. The van der Waals surface area contributed by atoms with Crippen molar-refractivity contribution in [1.82, 2.24) is 15.6 Å². The predicted octanol–water partition coefficient (Wildman–Crippen LogP) is 3.23. The van der Waals surface area contributed by atoms with Crippen LogP contribution in [0, 0.1) is 12.7 Å². The molecular weight excluding hydrogens is 421 g/mol. The molecule has 0 bridgehead atoms. The van der Waals surface area contributed by atoms with Crippen LogP contribution in [0.3, 0.4) is 0 Å². The zero-order chi connectivity index (χ0) is 23.5. The Morgan fingerprint density at radius 2 is 2.03 bits per heavy atom. The van der Waals surface area contributed by atoms with Crippen molar-refractivity contribution in [3.63, 3.8) is 0 Å². The number of halogens is 1. The van der Waals surface area contributed by atoms with E-state index in [-0.39, 0.29) is 23.9 Å². The molecule has 180 valence electrons. The van der Waals surface area contributed by atoms with Gasteiger partial charge in [-0.15, -0.1) is 0 Å². The van der Waals surface area contributed by atoms with Gasteiger partial charge in [0.2, 0.25) is 0 Å². The number of piperidine rings is 1. The lowest BCUT2D eigenvalue weighted by molar-refractivity contribution is 0.0533. The number of anilines is 1. The van der Waals surface area contributed by atoms with E-state index < -0.39 is 6.17 Å². The molecule has 33 heavy (non-hydrogen) atoms. The Bertz CT molecular complexity index is 992. The summed E-state index contributed by atoms with van der Waals surface area (Å²) in [5.74, 6) is -0.0424. The van der Waals surface area contributed by atoms with E-state index in [2.05, 4.69) is 15.5 Å². The molecule has 4 rings (SSSR count). The van der Waals surface area contributed by atoms with Crippen LogP contribution in [0.2, 0.25) is 0 Å². The average Bonchev–Trinajstić information content (AvgIpc) is 2.81. The highest BCUT2D eigenvalue weighted by Gasteiger charge is 2.33. The quantitative estimate of drug-likeness (QED) is 0.577. The highest BCUT2D eigenvalue weighted by molar-refractivity contribution is 6.03. The monoisotopic (exact) mass is 457 g/mol. The molecule has 4 N–H and O–H groups in total. The second kappa shape index (κ2) is 10.3. The van der Waals surface area contributed by atoms with Crippen molar-refractivity contribution in [2.24, 2.45) is 5.73 Å². The van der Waals surface area contributed by atoms with Crippen molar-refractivity contribution in [3.8, 4) is 0 Å². The zero-order valence-corrected chi connectivity index (χ0v) is 19.9. The van der Waals surface area contributed by atoms with Crippen molar-refractivity contribution in [3.05, 3.63) is 35.1 Å². The summed E-state index contributed by atoms with van der Waals surface area (Å²) in [6.07, 6.45) is 6.68. The van der Waals surface area contributed by atoms with Crippen molar-refractivity contribution < 1.29 is 13.9 Å². The molecule has 1 aliphatic heterocycles. The average molecular weight is 458 g/mol. The number of nitrogens with zero attached hydrogens (tertiary/aromatic N) is 2. The van der Waals surface area contributed by atoms with Crippen molar-refractivity contribution in [2.75, 3.05) is 25.1 Å². The molecule has 2 fully saturated rings. The van der Waals surface area contributed by atoms with Gasteiger partial charge in [0.15, 0.2) is 0 Å². The lowest BCUT2D eigenvalue weighted by Gasteiger charge is -2.41. The number of hydrogen-bond donors (Lipinski definition) is 3. The summed E-state index contributed by atoms with van der Waals surface area (Å²) in [5.41, 5.74) is 7.31. The van der Waals surface area contributed by atoms with Gasteiger partial charge in [0, 0.05) is 43.2 Å². The normalized spacial score (nSPS) is 23.0. The van der Waals surface area contributed by atoms with Crippen LogP contribution in [0.15, 0.2) is 18.2 Å². The highest BCUT2D eigenvalue weighted by atomic mass is 19.1. The molecule has 1 saturated heterocycles. The van der Waals surface area contributed by atoms with Crippen molar-refractivity contribution >= 4 is 22.6 Å². The summed E-state index contributed by atoms with van der Waals surface area (Å²) in [5, 5.41) is 7.32. The molecule has 1 amide bonds.